The molecule has 0 unspecified atom stereocenters. The third-order valence-electron chi connectivity index (χ3n) is 4.70. The summed E-state index contributed by atoms with van der Waals surface area (Å²) in [6, 6.07) is 8.91. The number of nitrogens with two attached hydrogens (primary N) is 1. The number of nitrogens with one attached hydrogen (secondary N) is 1. The first-order valence-corrected chi connectivity index (χ1v) is 7.67. The second-order valence-electron chi connectivity index (χ2n) is 5.92. The number of hydrogen-bond acceptors (Lipinski definition) is 3. The molecule has 2 aliphatic rings. The Balaban J connectivity index is 1.58. The highest BCUT2D eigenvalue weighted by Gasteiger charge is 2.26. The molecule has 1 aliphatic heterocycles. The van der Waals surface area contributed by atoms with Crippen molar-refractivity contribution in [3.63, 3.8) is 0 Å². The molecule has 1 aromatic carbocycles. The van der Waals surface area contributed by atoms with E-state index in [1.54, 1.807) is 0 Å². The number of piperazine rings is 1. The van der Waals surface area contributed by atoms with Crippen LogP contribution in [0.2, 0.25) is 0 Å². The van der Waals surface area contributed by atoms with Gasteiger partial charge in [-0.1, -0.05) is 12.8 Å². The highest BCUT2D eigenvalue weighted by Crippen LogP contribution is 2.25. The zero-order valence-electron chi connectivity index (χ0n) is 12.0. The van der Waals surface area contributed by atoms with Gasteiger partial charge in [-0.25, -0.2) is 0 Å². The van der Waals surface area contributed by atoms with Crippen LogP contribution < -0.4 is 10.6 Å². The molecule has 108 valence electrons. The molecular formula is C16H24N4. The van der Waals surface area contributed by atoms with E-state index in [1.165, 1.54) is 44.5 Å². The molecule has 0 amide bonds. The van der Waals surface area contributed by atoms with E-state index in [2.05, 4.69) is 21.9 Å². The molecule has 0 aromatic heterocycles. The fraction of sp³-hybridized carbons (Fsp3) is 0.562. The average molecular weight is 272 g/mol. The van der Waals surface area contributed by atoms with Gasteiger partial charge in [-0.15, -0.1) is 0 Å². The number of hydrogen-bond donors (Lipinski definition) is 2. The van der Waals surface area contributed by atoms with Crippen LogP contribution in [0.5, 0.6) is 0 Å². The van der Waals surface area contributed by atoms with Gasteiger partial charge in [0.25, 0.3) is 0 Å². The fourth-order valence-electron chi connectivity index (χ4n) is 3.47. The van der Waals surface area contributed by atoms with E-state index in [0.29, 0.717) is 0 Å². The molecule has 1 saturated heterocycles. The number of anilines is 1. The molecule has 0 bridgehead atoms. The molecule has 20 heavy (non-hydrogen) atoms. The quantitative estimate of drug-likeness (QED) is 0.654. The lowest BCUT2D eigenvalue weighted by Gasteiger charge is -2.39. The van der Waals surface area contributed by atoms with Gasteiger partial charge in [0.1, 0.15) is 5.84 Å². The van der Waals surface area contributed by atoms with Crippen molar-refractivity contribution in [3.8, 4) is 0 Å². The van der Waals surface area contributed by atoms with Gasteiger partial charge in [0.2, 0.25) is 0 Å². The van der Waals surface area contributed by atoms with Crippen molar-refractivity contribution in [1.82, 2.24) is 4.90 Å². The van der Waals surface area contributed by atoms with Crippen LogP contribution in [0, 0.1) is 5.41 Å². The van der Waals surface area contributed by atoms with Gasteiger partial charge >= 0.3 is 0 Å². The first kappa shape index (κ1) is 13.4. The number of nitrogen functional groups attached to an aromatic ring is 1. The van der Waals surface area contributed by atoms with Crippen LogP contribution in [0.3, 0.4) is 0 Å². The van der Waals surface area contributed by atoms with Crippen molar-refractivity contribution in [2.75, 3.05) is 31.1 Å². The van der Waals surface area contributed by atoms with E-state index in [4.69, 9.17) is 11.1 Å². The zero-order valence-corrected chi connectivity index (χ0v) is 12.0. The first-order chi connectivity index (χ1) is 9.74. The Morgan fingerprint density at radius 2 is 1.60 bits per heavy atom. The van der Waals surface area contributed by atoms with Gasteiger partial charge in [-0.05, 0) is 37.1 Å². The summed E-state index contributed by atoms with van der Waals surface area (Å²) in [5.41, 5.74) is 7.55. The summed E-state index contributed by atoms with van der Waals surface area (Å²) in [6.45, 7) is 4.57. The minimum absolute atomic E-state index is 0.141. The van der Waals surface area contributed by atoms with Crippen LogP contribution in [-0.2, 0) is 0 Å². The van der Waals surface area contributed by atoms with Crippen LogP contribution in [0.4, 0.5) is 5.69 Å². The third-order valence-corrected chi connectivity index (χ3v) is 4.70. The molecule has 4 heteroatoms. The summed E-state index contributed by atoms with van der Waals surface area (Å²) in [5, 5.41) is 7.43. The second-order valence-corrected chi connectivity index (χ2v) is 5.92. The maximum absolute atomic E-state index is 7.43. The minimum atomic E-state index is 0.141. The maximum Gasteiger partial charge on any atom is 0.122 e. The van der Waals surface area contributed by atoms with E-state index < -0.39 is 0 Å². The summed E-state index contributed by atoms with van der Waals surface area (Å²) in [5.74, 6) is 0.141. The molecule has 3 rings (SSSR count). The van der Waals surface area contributed by atoms with E-state index >= 15 is 0 Å². The SMILES string of the molecule is N=C(N)c1ccc(N2CCN(C3CCCC3)CC2)cc1. The van der Waals surface area contributed by atoms with Crippen molar-refractivity contribution < 1.29 is 0 Å². The third kappa shape index (κ3) is 2.80. The van der Waals surface area contributed by atoms with Gasteiger partial charge < -0.3 is 10.6 Å². The van der Waals surface area contributed by atoms with E-state index in [-0.39, 0.29) is 5.84 Å². The van der Waals surface area contributed by atoms with Crippen LogP contribution in [0.1, 0.15) is 31.2 Å². The first-order valence-electron chi connectivity index (χ1n) is 7.67. The van der Waals surface area contributed by atoms with Crippen molar-refractivity contribution >= 4 is 11.5 Å². The summed E-state index contributed by atoms with van der Waals surface area (Å²) in [6.07, 6.45) is 5.62. The lowest BCUT2D eigenvalue weighted by Crippen LogP contribution is -2.49. The lowest BCUT2D eigenvalue weighted by molar-refractivity contribution is 0.187. The van der Waals surface area contributed by atoms with Crippen molar-refractivity contribution in [2.45, 2.75) is 31.7 Å². The number of nitrogens with zero attached hydrogens (tertiary/aromatic N) is 2. The highest BCUT2D eigenvalue weighted by atomic mass is 15.3. The molecule has 3 N–H and O–H groups in total. The monoisotopic (exact) mass is 272 g/mol. The minimum Gasteiger partial charge on any atom is -0.384 e. The molecule has 1 heterocycles. The van der Waals surface area contributed by atoms with Gasteiger partial charge in [-0.3, -0.25) is 10.3 Å². The Morgan fingerprint density at radius 3 is 2.15 bits per heavy atom. The molecule has 0 radical (unpaired) electrons. The summed E-state index contributed by atoms with van der Waals surface area (Å²) in [7, 11) is 0. The molecule has 1 aromatic rings. The smallest absolute Gasteiger partial charge is 0.122 e. The second kappa shape index (κ2) is 5.83. The van der Waals surface area contributed by atoms with Crippen molar-refractivity contribution in [1.29, 1.82) is 5.41 Å². The van der Waals surface area contributed by atoms with E-state index in [9.17, 15) is 0 Å². The molecule has 0 spiro atoms. The van der Waals surface area contributed by atoms with Crippen LogP contribution in [0.15, 0.2) is 24.3 Å². The number of rotatable bonds is 3. The standard InChI is InChI=1S/C16H24N4/c17-16(18)13-5-7-15(8-6-13)20-11-9-19(10-12-20)14-3-1-2-4-14/h5-8,14H,1-4,9-12H2,(H3,17,18). The predicted octanol–water partition coefficient (Wildman–Crippen LogP) is 2.04. The Hall–Kier alpha value is -1.55. The van der Waals surface area contributed by atoms with Crippen LogP contribution in [-0.4, -0.2) is 43.0 Å². The van der Waals surface area contributed by atoms with E-state index in [1.807, 2.05) is 12.1 Å². The Bertz CT molecular complexity index is 454. The molecule has 1 aliphatic carbocycles. The highest BCUT2D eigenvalue weighted by molar-refractivity contribution is 5.95. The largest absolute Gasteiger partial charge is 0.384 e. The average Bonchev–Trinajstić information content (AvgIpc) is 3.02. The number of amidine groups is 1. The normalized spacial score (nSPS) is 21.3. The van der Waals surface area contributed by atoms with Gasteiger partial charge in [0.15, 0.2) is 0 Å². The van der Waals surface area contributed by atoms with Crippen LogP contribution >= 0.6 is 0 Å². The molecule has 4 nitrogen and oxygen atoms in total. The lowest BCUT2D eigenvalue weighted by atomic mass is 10.1. The van der Waals surface area contributed by atoms with Crippen LogP contribution in [0.25, 0.3) is 0 Å². The van der Waals surface area contributed by atoms with Gasteiger partial charge in [-0.2, -0.15) is 0 Å². The number of benzene rings is 1. The fourth-order valence-corrected chi connectivity index (χ4v) is 3.47. The summed E-state index contributed by atoms with van der Waals surface area (Å²) >= 11 is 0. The van der Waals surface area contributed by atoms with Crippen molar-refractivity contribution in [3.05, 3.63) is 29.8 Å². The van der Waals surface area contributed by atoms with E-state index in [0.717, 1.165) is 24.7 Å². The zero-order chi connectivity index (χ0) is 13.9. The summed E-state index contributed by atoms with van der Waals surface area (Å²) < 4.78 is 0. The molecule has 1 saturated carbocycles. The Kier molecular flexibility index (Phi) is 3.92. The molecule has 0 atom stereocenters. The molecular weight excluding hydrogens is 248 g/mol. The Labute approximate surface area is 121 Å². The van der Waals surface area contributed by atoms with Gasteiger partial charge in [0, 0.05) is 43.5 Å². The topological polar surface area (TPSA) is 56.4 Å². The van der Waals surface area contributed by atoms with Gasteiger partial charge in [0.05, 0.1) is 0 Å². The Morgan fingerprint density at radius 1 is 1.00 bits per heavy atom. The van der Waals surface area contributed by atoms with Crippen molar-refractivity contribution in [2.24, 2.45) is 5.73 Å². The maximum atomic E-state index is 7.43. The predicted molar refractivity (Wildman–Crippen MR) is 83.5 cm³/mol. The summed E-state index contributed by atoms with van der Waals surface area (Å²) in [4.78, 5) is 5.11. The molecule has 2 fully saturated rings.